The molecule has 2 amide bonds. The lowest BCUT2D eigenvalue weighted by Gasteiger charge is -2.34. The molecule has 5 rings (SSSR count). The molecule has 1 aromatic carbocycles. The van der Waals surface area contributed by atoms with Crippen molar-refractivity contribution in [2.45, 2.75) is 35.7 Å². The molecule has 13 heteroatoms. The molecular formula is C25H32ClN5O5S2. The predicted octanol–water partition coefficient (Wildman–Crippen LogP) is 1.67. The second kappa shape index (κ2) is 11.5. The maximum absolute atomic E-state index is 13.2. The zero-order valence-corrected chi connectivity index (χ0v) is 23.6. The Kier molecular flexibility index (Phi) is 8.27. The van der Waals surface area contributed by atoms with Gasteiger partial charge < -0.3 is 20.3 Å². The van der Waals surface area contributed by atoms with Crippen molar-refractivity contribution in [1.82, 2.24) is 24.7 Å². The molecule has 4 heterocycles. The molecule has 0 aliphatic carbocycles. The average molecular weight is 582 g/mol. The highest BCUT2D eigenvalue weighted by atomic mass is 35.5. The van der Waals surface area contributed by atoms with Gasteiger partial charge in [-0.2, -0.15) is 4.31 Å². The summed E-state index contributed by atoms with van der Waals surface area (Å²) in [6.45, 7) is 5.71. The number of carbonyl (C=O) groups is 2. The molecule has 38 heavy (non-hydrogen) atoms. The number of ether oxygens (including phenoxy) is 1. The minimum atomic E-state index is -3.97. The molecule has 3 aliphatic rings. The Morgan fingerprint density at radius 1 is 1.18 bits per heavy atom. The maximum atomic E-state index is 13.2. The first kappa shape index (κ1) is 27.4. The molecule has 1 aromatic heterocycles. The number of hydrogen-bond acceptors (Lipinski definition) is 8. The van der Waals surface area contributed by atoms with Gasteiger partial charge in [-0.1, -0.05) is 23.7 Å². The SMILES string of the molecule is CN1CCN(Cc2ccc3c(c2)OCC[C@H]3NC(=O)C[C@@H]2C(=O)NCCN2S(=O)(=O)c2ccc(Cl)s2)CC1. The van der Waals surface area contributed by atoms with Crippen LogP contribution in [0.25, 0.3) is 0 Å². The number of thiophene rings is 1. The third kappa shape index (κ3) is 6.00. The van der Waals surface area contributed by atoms with Crippen molar-refractivity contribution in [3.05, 3.63) is 45.8 Å². The first-order valence-corrected chi connectivity index (χ1v) is 15.3. The highest BCUT2D eigenvalue weighted by molar-refractivity contribution is 7.91. The van der Waals surface area contributed by atoms with Gasteiger partial charge in [0.25, 0.3) is 10.0 Å². The lowest BCUT2D eigenvalue weighted by Crippen LogP contribution is -2.58. The van der Waals surface area contributed by atoms with Crippen molar-refractivity contribution in [2.24, 2.45) is 0 Å². The van der Waals surface area contributed by atoms with E-state index in [1.807, 2.05) is 12.1 Å². The van der Waals surface area contributed by atoms with Gasteiger partial charge in [0, 0.05) is 57.8 Å². The smallest absolute Gasteiger partial charge is 0.253 e. The molecule has 206 valence electrons. The van der Waals surface area contributed by atoms with Crippen LogP contribution >= 0.6 is 22.9 Å². The number of fused-ring (bicyclic) bond motifs is 1. The van der Waals surface area contributed by atoms with Crippen LogP contribution in [0.2, 0.25) is 4.34 Å². The third-order valence-electron chi connectivity index (χ3n) is 7.23. The lowest BCUT2D eigenvalue weighted by atomic mass is 9.98. The molecule has 2 N–H and O–H groups in total. The van der Waals surface area contributed by atoms with E-state index in [9.17, 15) is 18.0 Å². The Balaban J connectivity index is 1.26. The van der Waals surface area contributed by atoms with Crippen LogP contribution in [0.4, 0.5) is 0 Å². The Morgan fingerprint density at radius 3 is 2.71 bits per heavy atom. The first-order chi connectivity index (χ1) is 18.2. The molecule has 2 saturated heterocycles. The van der Waals surface area contributed by atoms with Gasteiger partial charge >= 0.3 is 0 Å². The number of nitrogens with zero attached hydrogens (tertiary/aromatic N) is 3. The van der Waals surface area contributed by atoms with E-state index in [0.717, 1.165) is 65.2 Å². The normalized spacial score (nSPS) is 23.4. The minimum absolute atomic E-state index is 0.0494. The molecular weight excluding hydrogens is 550 g/mol. The van der Waals surface area contributed by atoms with Crippen LogP contribution in [-0.2, 0) is 26.2 Å². The highest BCUT2D eigenvalue weighted by Crippen LogP contribution is 2.34. The van der Waals surface area contributed by atoms with Gasteiger partial charge in [0.05, 0.1) is 23.4 Å². The summed E-state index contributed by atoms with van der Waals surface area (Å²) in [5.74, 6) is -0.128. The Hall–Kier alpha value is -2.22. The number of nitrogens with one attached hydrogen (secondary N) is 2. The highest BCUT2D eigenvalue weighted by Gasteiger charge is 2.40. The second-order valence-electron chi connectivity index (χ2n) is 9.89. The van der Waals surface area contributed by atoms with Crippen LogP contribution in [0.1, 0.15) is 30.0 Å². The monoisotopic (exact) mass is 581 g/mol. The third-order valence-corrected chi connectivity index (χ3v) is 10.8. The molecule has 2 aromatic rings. The number of halogens is 1. The summed E-state index contributed by atoms with van der Waals surface area (Å²) >= 11 is 6.87. The fraction of sp³-hybridized carbons (Fsp3) is 0.520. The van der Waals surface area contributed by atoms with Crippen molar-refractivity contribution < 1.29 is 22.7 Å². The number of carbonyl (C=O) groups excluding carboxylic acids is 2. The summed E-state index contributed by atoms with van der Waals surface area (Å²) in [6.07, 6.45) is 0.307. The standard InChI is InChI=1S/C25H32ClN5O5S2/c1-29-9-11-30(12-10-29)16-17-2-3-18-19(6-13-36-21(18)14-17)28-23(32)15-20-25(33)27-7-8-31(20)38(34,35)24-5-4-22(26)37-24/h2-5,14,19-20H,6-13,15-16H2,1H3,(H,27,33)(H,28,32)/t19-,20-/m1/s1. The summed E-state index contributed by atoms with van der Waals surface area (Å²) in [5.41, 5.74) is 2.05. The van der Waals surface area contributed by atoms with E-state index in [1.165, 1.54) is 12.1 Å². The van der Waals surface area contributed by atoms with Gasteiger partial charge in [0.2, 0.25) is 11.8 Å². The topological polar surface area (TPSA) is 111 Å². The predicted molar refractivity (Wildman–Crippen MR) is 145 cm³/mol. The van der Waals surface area contributed by atoms with Gasteiger partial charge in [-0.05, 0) is 30.8 Å². The number of piperazine rings is 2. The number of amides is 2. The Bertz CT molecular complexity index is 1290. The quantitative estimate of drug-likeness (QED) is 0.512. The van der Waals surface area contributed by atoms with Gasteiger partial charge in [0.1, 0.15) is 16.0 Å². The summed E-state index contributed by atoms with van der Waals surface area (Å²) in [5, 5.41) is 5.69. The van der Waals surface area contributed by atoms with Crippen LogP contribution in [0, 0.1) is 0 Å². The molecule has 3 aliphatic heterocycles. The summed E-state index contributed by atoms with van der Waals surface area (Å²) < 4.78 is 33.9. The zero-order chi connectivity index (χ0) is 26.9. The molecule has 0 radical (unpaired) electrons. The molecule has 10 nitrogen and oxygen atoms in total. The van der Waals surface area contributed by atoms with Gasteiger partial charge in [-0.15, -0.1) is 11.3 Å². The Labute approximate surface area is 231 Å². The van der Waals surface area contributed by atoms with Crippen molar-refractivity contribution in [2.75, 3.05) is 52.9 Å². The fourth-order valence-electron chi connectivity index (χ4n) is 5.10. The zero-order valence-electron chi connectivity index (χ0n) is 21.2. The van der Waals surface area contributed by atoms with Crippen molar-refractivity contribution in [1.29, 1.82) is 0 Å². The molecule has 0 saturated carbocycles. The number of sulfonamides is 1. The summed E-state index contributed by atoms with van der Waals surface area (Å²) in [7, 11) is -1.84. The van der Waals surface area contributed by atoms with Crippen molar-refractivity contribution in [3.63, 3.8) is 0 Å². The average Bonchev–Trinajstić information content (AvgIpc) is 3.34. The fourth-order valence-corrected chi connectivity index (χ4v) is 8.30. The van der Waals surface area contributed by atoms with E-state index in [4.69, 9.17) is 16.3 Å². The van der Waals surface area contributed by atoms with Gasteiger partial charge in [0.15, 0.2) is 0 Å². The second-order valence-corrected chi connectivity index (χ2v) is 13.7. The van der Waals surface area contributed by atoms with E-state index in [2.05, 4.69) is 33.5 Å². The van der Waals surface area contributed by atoms with Crippen LogP contribution in [-0.4, -0.2) is 93.3 Å². The van der Waals surface area contributed by atoms with E-state index in [-0.39, 0.29) is 29.8 Å². The van der Waals surface area contributed by atoms with E-state index in [0.29, 0.717) is 17.4 Å². The van der Waals surface area contributed by atoms with Gasteiger partial charge in [-0.3, -0.25) is 14.5 Å². The van der Waals surface area contributed by atoms with Crippen LogP contribution in [0.3, 0.4) is 0 Å². The van der Waals surface area contributed by atoms with Gasteiger partial charge in [-0.25, -0.2) is 8.42 Å². The first-order valence-electron chi connectivity index (χ1n) is 12.7. The summed E-state index contributed by atoms with van der Waals surface area (Å²) in [4.78, 5) is 30.6. The largest absolute Gasteiger partial charge is 0.493 e. The number of benzene rings is 1. The van der Waals surface area contributed by atoms with Crippen LogP contribution < -0.4 is 15.4 Å². The number of likely N-dealkylation sites (N-methyl/N-ethyl adjacent to an activating group) is 1. The van der Waals surface area contributed by atoms with Crippen LogP contribution in [0.5, 0.6) is 5.75 Å². The molecule has 0 spiro atoms. The van der Waals surface area contributed by atoms with Crippen molar-refractivity contribution in [3.8, 4) is 5.75 Å². The molecule has 2 atom stereocenters. The molecule has 0 bridgehead atoms. The molecule has 0 unspecified atom stereocenters. The van der Waals surface area contributed by atoms with Crippen molar-refractivity contribution >= 4 is 44.8 Å². The number of rotatable bonds is 7. The molecule has 2 fully saturated rings. The number of hydrogen-bond donors (Lipinski definition) is 2. The van der Waals surface area contributed by atoms with Crippen LogP contribution in [0.15, 0.2) is 34.5 Å². The lowest BCUT2D eigenvalue weighted by molar-refractivity contribution is -0.132. The van der Waals surface area contributed by atoms with E-state index < -0.39 is 27.9 Å². The van der Waals surface area contributed by atoms with E-state index >= 15 is 0 Å². The van der Waals surface area contributed by atoms with E-state index in [1.54, 1.807) is 0 Å². The maximum Gasteiger partial charge on any atom is 0.253 e. The minimum Gasteiger partial charge on any atom is -0.493 e. The Morgan fingerprint density at radius 2 is 1.97 bits per heavy atom. The summed E-state index contributed by atoms with van der Waals surface area (Å²) in [6, 6.07) is 7.61.